The van der Waals surface area contributed by atoms with Gasteiger partial charge in [0.05, 0.1) is 6.04 Å². The van der Waals surface area contributed by atoms with Gasteiger partial charge < -0.3 is 15.8 Å². The van der Waals surface area contributed by atoms with Crippen LogP contribution in [0.5, 0.6) is 5.75 Å². The number of benzene rings is 2. The fourth-order valence-electron chi connectivity index (χ4n) is 2.33. The lowest BCUT2D eigenvalue weighted by Gasteiger charge is -2.20. The predicted molar refractivity (Wildman–Crippen MR) is 96.2 cm³/mol. The van der Waals surface area contributed by atoms with Crippen LogP contribution < -0.4 is 15.8 Å². The highest BCUT2D eigenvalue weighted by molar-refractivity contribution is 6.29. The van der Waals surface area contributed by atoms with Gasteiger partial charge in [0.15, 0.2) is 11.6 Å². The number of rotatable bonds is 6. The highest BCUT2D eigenvalue weighted by atomic mass is 35.5. The largest absolute Gasteiger partial charge is 0.488 e. The van der Waals surface area contributed by atoms with Gasteiger partial charge in [0.1, 0.15) is 17.6 Å². The number of aromatic nitrogens is 2. The molecule has 0 saturated carbocycles. The van der Waals surface area contributed by atoms with Crippen molar-refractivity contribution in [3.8, 4) is 5.75 Å². The number of ether oxygens (including phenoxy) is 1. The van der Waals surface area contributed by atoms with Crippen LogP contribution in [0, 0.1) is 5.82 Å². The van der Waals surface area contributed by atoms with E-state index in [9.17, 15) is 4.39 Å². The minimum Gasteiger partial charge on any atom is -0.488 e. The van der Waals surface area contributed by atoms with Gasteiger partial charge in [0.2, 0.25) is 5.95 Å². The Morgan fingerprint density at radius 1 is 1.08 bits per heavy atom. The van der Waals surface area contributed by atoms with Crippen LogP contribution in [-0.2, 0) is 0 Å². The molecule has 25 heavy (non-hydrogen) atoms. The minimum atomic E-state index is -0.413. The van der Waals surface area contributed by atoms with E-state index in [2.05, 4.69) is 15.3 Å². The Morgan fingerprint density at radius 3 is 2.52 bits per heavy atom. The number of hydrogen-bond acceptors (Lipinski definition) is 5. The lowest BCUT2D eigenvalue weighted by atomic mass is 10.1. The first-order valence-corrected chi connectivity index (χ1v) is 7.98. The molecule has 1 atom stereocenters. The molecule has 0 aliphatic heterocycles. The molecule has 1 unspecified atom stereocenters. The van der Waals surface area contributed by atoms with E-state index in [0.717, 1.165) is 5.56 Å². The normalized spacial score (nSPS) is 11.8. The maximum Gasteiger partial charge on any atom is 0.223 e. The number of nitrogens with one attached hydrogen (secondary N) is 1. The Balaban J connectivity index is 1.81. The number of para-hydroxylation sites is 1. The molecule has 3 N–H and O–H groups in total. The number of nitrogen functional groups attached to an aromatic ring is 1. The second kappa shape index (κ2) is 7.81. The topological polar surface area (TPSA) is 73.1 Å². The number of nitrogens with two attached hydrogens (primary N) is 1. The molecule has 0 amide bonds. The maximum absolute atomic E-state index is 13.8. The lowest BCUT2D eigenvalue weighted by molar-refractivity contribution is 0.284. The third kappa shape index (κ3) is 4.58. The van der Waals surface area contributed by atoms with Gasteiger partial charge in [0, 0.05) is 6.07 Å². The summed E-state index contributed by atoms with van der Waals surface area (Å²) < 4.78 is 19.4. The highest BCUT2D eigenvalue weighted by Crippen LogP contribution is 2.23. The monoisotopic (exact) mass is 358 g/mol. The molecule has 2 aromatic carbocycles. The van der Waals surface area contributed by atoms with Crippen molar-refractivity contribution in [3.05, 3.63) is 77.2 Å². The van der Waals surface area contributed by atoms with Crippen molar-refractivity contribution in [2.75, 3.05) is 17.7 Å². The summed E-state index contributed by atoms with van der Waals surface area (Å²) in [6.45, 7) is 0.187. The van der Waals surface area contributed by atoms with E-state index >= 15 is 0 Å². The average Bonchev–Trinajstić information content (AvgIpc) is 2.60. The molecule has 0 aliphatic carbocycles. The van der Waals surface area contributed by atoms with Crippen LogP contribution in [0.15, 0.2) is 60.7 Å². The molecule has 7 heteroatoms. The third-order valence-electron chi connectivity index (χ3n) is 3.48. The molecule has 0 radical (unpaired) electrons. The van der Waals surface area contributed by atoms with Gasteiger partial charge in [0.25, 0.3) is 0 Å². The van der Waals surface area contributed by atoms with Crippen molar-refractivity contribution in [3.63, 3.8) is 0 Å². The average molecular weight is 359 g/mol. The van der Waals surface area contributed by atoms with Crippen LogP contribution >= 0.6 is 11.6 Å². The van der Waals surface area contributed by atoms with E-state index in [1.165, 1.54) is 6.07 Å². The summed E-state index contributed by atoms with van der Waals surface area (Å²) in [6.07, 6.45) is 0. The van der Waals surface area contributed by atoms with Crippen molar-refractivity contribution in [2.45, 2.75) is 6.04 Å². The summed E-state index contributed by atoms with van der Waals surface area (Å²) in [5, 5.41) is 3.44. The maximum atomic E-state index is 13.8. The van der Waals surface area contributed by atoms with Crippen molar-refractivity contribution in [1.29, 1.82) is 0 Å². The van der Waals surface area contributed by atoms with Crippen LogP contribution in [0.1, 0.15) is 11.6 Å². The molecule has 5 nitrogen and oxygen atoms in total. The molecule has 0 fully saturated rings. The van der Waals surface area contributed by atoms with Crippen molar-refractivity contribution in [1.82, 2.24) is 9.97 Å². The fraction of sp³-hybridized carbons (Fsp3) is 0.111. The summed E-state index contributed by atoms with van der Waals surface area (Å²) in [5.41, 5.74) is 6.58. The molecule has 3 aromatic rings. The Bertz CT molecular complexity index is 827. The van der Waals surface area contributed by atoms with Gasteiger partial charge >= 0.3 is 0 Å². The fourth-order valence-corrected chi connectivity index (χ4v) is 2.52. The van der Waals surface area contributed by atoms with Crippen LogP contribution in [-0.4, -0.2) is 16.6 Å². The van der Waals surface area contributed by atoms with E-state index in [1.807, 2.05) is 30.3 Å². The molecular weight excluding hydrogens is 343 g/mol. The number of anilines is 2. The molecular formula is C18H16ClFN4O. The third-order valence-corrected chi connectivity index (χ3v) is 3.67. The number of nitrogens with zero attached hydrogens (tertiary/aromatic N) is 2. The molecule has 128 valence electrons. The van der Waals surface area contributed by atoms with Gasteiger partial charge in [-0.15, -0.1) is 0 Å². The first-order valence-electron chi connectivity index (χ1n) is 7.60. The zero-order valence-electron chi connectivity index (χ0n) is 13.2. The van der Waals surface area contributed by atoms with Gasteiger partial charge in [-0.2, -0.15) is 4.98 Å². The van der Waals surface area contributed by atoms with Crippen LogP contribution in [0.4, 0.5) is 16.2 Å². The first-order chi connectivity index (χ1) is 12.1. The first kappa shape index (κ1) is 17.0. The standard InChI is InChI=1S/C18H16ClFN4O/c19-16-10-17(24-18(21)23-16)22-14(12-6-2-1-3-7-12)11-25-15-9-5-4-8-13(15)20/h1-10,14H,11H2,(H3,21,22,23,24). The van der Waals surface area contributed by atoms with Crippen molar-refractivity contribution in [2.24, 2.45) is 0 Å². The summed E-state index contributed by atoms with van der Waals surface area (Å²) >= 11 is 5.92. The molecule has 0 spiro atoms. The van der Waals surface area contributed by atoms with E-state index in [4.69, 9.17) is 22.1 Å². The van der Waals surface area contributed by atoms with Crippen molar-refractivity contribution < 1.29 is 9.13 Å². The zero-order valence-corrected chi connectivity index (χ0v) is 13.9. The van der Waals surface area contributed by atoms with Crippen LogP contribution in [0.3, 0.4) is 0 Å². The van der Waals surface area contributed by atoms with Gasteiger partial charge in [-0.3, -0.25) is 0 Å². The summed E-state index contributed by atoms with van der Waals surface area (Å²) in [7, 11) is 0. The number of hydrogen-bond donors (Lipinski definition) is 2. The van der Waals surface area contributed by atoms with E-state index in [1.54, 1.807) is 24.3 Å². The lowest BCUT2D eigenvalue weighted by Crippen LogP contribution is -2.20. The second-order valence-corrected chi connectivity index (χ2v) is 5.67. The van der Waals surface area contributed by atoms with E-state index < -0.39 is 5.82 Å². The van der Waals surface area contributed by atoms with Gasteiger partial charge in [-0.05, 0) is 17.7 Å². The molecule has 0 aliphatic rings. The summed E-state index contributed by atoms with van der Waals surface area (Å²) in [5.74, 6) is 0.300. The molecule has 1 heterocycles. The van der Waals surface area contributed by atoms with Gasteiger partial charge in [-0.25, -0.2) is 9.37 Å². The molecule has 0 bridgehead atoms. The smallest absolute Gasteiger partial charge is 0.223 e. The van der Waals surface area contributed by atoms with Gasteiger partial charge in [-0.1, -0.05) is 54.1 Å². The van der Waals surface area contributed by atoms with Crippen LogP contribution in [0.25, 0.3) is 0 Å². The zero-order chi connectivity index (χ0) is 17.6. The Hall–Kier alpha value is -2.86. The summed E-state index contributed by atoms with van der Waals surface area (Å²) in [6, 6.07) is 17.2. The molecule has 3 rings (SSSR count). The second-order valence-electron chi connectivity index (χ2n) is 5.28. The Labute approximate surface area is 149 Å². The predicted octanol–water partition coefficient (Wildman–Crippen LogP) is 4.08. The van der Waals surface area contributed by atoms with E-state index in [0.29, 0.717) is 5.82 Å². The van der Waals surface area contributed by atoms with E-state index in [-0.39, 0.29) is 29.5 Å². The summed E-state index contributed by atoms with van der Waals surface area (Å²) in [4.78, 5) is 7.94. The molecule has 0 saturated heterocycles. The molecule has 1 aromatic heterocycles. The quantitative estimate of drug-likeness (QED) is 0.649. The Morgan fingerprint density at radius 2 is 1.80 bits per heavy atom. The Kier molecular flexibility index (Phi) is 5.30. The number of halogens is 2. The highest BCUT2D eigenvalue weighted by Gasteiger charge is 2.15. The minimum absolute atomic E-state index is 0.0665. The SMILES string of the molecule is Nc1nc(Cl)cc(NC(COc2ccccc2F)c2ccccc2)n1. The van der Waals surface area contributed by atoms with Crippen LogP contribution in [0.2, 0.25) is 5.15 Å². The van der Waals surface area contributed by atoms with Crippen molar-refractivity contribution >= 4 is 23.4 Å².